The molecule has 0 saturated heterocycles. The maximum Gasteiger partial charge on any atom is 0.305 e. The topological polar surface area (TPSA) is 64.6 Å². The second-order valence-corrected chi connectivity index (χ2v) is 4.89. The minimum Gasteiger partial charge on any atom is -0.482 e. The molecule has 0 unspecified atom stereocenters. The summed E-state index contributed by atoms with van der Waals surface area (Å²) in [5, 5.41) is 3.14. The molecule has 6 heteroatoms. The van der Waals surface area contributed by atoms with Gasteiger partial charge in [0.15, 0.2) is 6.61 Å². The van der Waals surface area contributed by atoms with Crippen LogP contribution < -0.4 is 10.1 Å². The first kappa shape index (κ1) is 17.3. The third kappa shape index (κ3) is 6.99. The predicted octanol–water partition coefficient (Wildman–Crippen LogP) is 2.49. The molecule has 0 radical (unpaired) electrons. The molecule has 0 atom stereocenters. The van der Waals surface area contributed by atoms with E-state index < -0.39 is 0 Å². The standard InChI is InChI=1S/C15H20ClNO4/c1-3-20-15(19)5-4-8-17-14(18)10-21-13-9-11(2)6-7-12(13)16/h6-7,9H,3-5,8,10H2,1-2H3,(H,17,18). The number of nitrogens with one attached hydrogen (secondary N) is 1. The van der Waals surface area contributed by atoms with Crippen LogP contribution in [0.2, 0.25) is 5.02 Å². The zero-order chi connectivity index (χ0) is 15.7. The van der Waals surface area contributed by atoms with Gasteiger partial charge >= 0.3 is 5.97 Å². The van der Waals surface area contributed by atoms with E-state index in [-0.39, 0.29) is 18.5 Å². The monoisotopic (exact) mass is 313 g/mol. The molecule has 1 aromatic carbocycles. The number of carbonyl (C=O) groups is 2. The lowest BCUT2D eigenvalue weighted by molar-refractivity contribution is -0.143. The normalized spacial score (nSPS) is 10.0. The van der Waals surface area contributed by atoms with Gasteiger partial charge in [-0.3, -0.25) is 9.59 Å². The van der Waals surface area contributed by atoms with E-state index in [0.29, 0.717) is 36.8 Å². The van der Waals surface area contributed by atoms with Gasteiger partial charge in [0.05, 0.1) is 11.6 Å². The Balaban J connectivity index is 2.22. The molecule has 0 aliphatic rings. The van der Waals surface area contributed by atoms with E-state index >= 15 is 0 Å². The highest BCUT2D eigenvalue weighted by Gasteiger charge is 2.07. The fourth-order valence-electron chi connectivity index (χ4n) is 1.61. The minimum atomic E-state index is -0.255. The summed E-state index contributed by atoms with van der Waals surface area (Å²) in [6.07, 6.45) is 0.828. The van der Waals surface area contributed by atoms with Gasteiger partial charge in [-0.15, -0.1) is 0 Å². The van der Waals surface area contributed by atoms with Crippen LogP contribution in [0.15, 0.2) is 18.2 Å². The summed E-state index contributed by atoms with van der Waals surface area (Å²) in [7, 11) is 0. The smallest absolute Gasteiger partial charge is 0.305 e. The Morgan fingerprint density at radius 3 is 2.81 bits per heavy atom. The lowest BCUT2D eigenvalue weighted by Gasteiger charge is -2.09. The van der Waals surface area contributed by atoms with E-state index in [0.717, 1.165) is 5.56 Å². The molecule has 0 aromatic heterocycles. The van der Waals surface area contributed by atoms with E-state index in [1.54, 1.807) is 19.1 Å². The molecule has 1 rings (SSSR count). The van der Waals surface area contributed by atoms with Crippen LogP contribution in [-0.2, 0) is 14.3 Å². The third-order valence-corrected chi connectivity index (χ3v) is 2.94. The van der Waals surface area contributed by atoms with Crippen molar-refractivity contribution in [3.05, 3.63) is 28.8 Å². The molecule has 1 amide bonds. The van der Waals surface area contributed by atoms with Crippen molar-refractivity contribution in [2.75, 3.05) is 19.8 Å². The molecule has 5 nitrogen and oxygen atoms in total. The van der Waals surface area contributed by atoms with E-state index in [1.165, 1.54) is 0 Å². The Bertz CT molecular complexity index is 491. The van der Waals surface area contributed by atoms with Crippen LogP contribution in [0.1, 0.15) is 25.3 Å². The number of ether oxygens (including phenoxy) is 2. The number of hydrogen-bond acceptors (Lipinski definition) is 4. The fraction of sp³-hybridized carbons (Fsp3) is 0.467. The van der Waals surface area contributed by atoms with Crippen LogP contribution in [-0.4, -0.2) is 31.6 Å². The number of esters is 1. The van der Waals surface area contributed by atoms with Gasteiger partial charge in [-0.25, -0.2) is 0 Å². The van der Waals surface area contributed by atoms with E-state index in [2.05, 4.69) is 5.32 Å². The lowest BCUT2D eigenvalue weighted by atomic mass is 10.2. The highest BCUT2D eigenvalue weighted by Crippen LogP contribution is 2.24. The molecular formula is C15H20ClNO4. The van der Waals surface area contributed by atoms with Crippen molar-refractivity contribution < 1.29 is 19.1 Å². The average molecular weight is 314 g/mol. The van der Waals surface area contributed by atoms with Gasteiger partial charge in [-0.2, -0.15) is 0 Å². The average Bonchev–Trinajstić information content (AvgIpc) is 2.45. The van der Waals surface area contributed by atoms with Crippen molar-refractivity contribution in [1.82, 2.24) is 5.32 Å². The zero-order valence-electron chi connectivity index (χ0n) is 12.3. The summed E-state index contributed by atoms with van der Waals surface area (Å²) >= 11 is 5.96. The maximum atomic E-state index is 11.6. The molecule has 0 fully saturated rings. The molecule has 0 heterocycles. The van der Waals surface area contributed by atoms with Crippen molar-refractivity contribution in [3.8, 4) is 5.75 Å². The van der Waals surface area contributed by atoms with Crippen LogP contribution in [0.3, 0.4) is 0 Å². The van der Waals surface area contributed by atoms with Crippen molar-refractivity contribution in [2.45, 2.75) is 26.7 Å². The van der Waals surface area contributed by atoms with Gasteiger partial charge in [0, 0.05) is 13.0 Å². The quantitative estimate of drug-likeness (QED) is 0.591. The summed E-state index contributed by atoms with van der Waals surface area (Å²) in [6, 6.07) is 5.37. The summed E-state index contributed by atoms with van der Waals surface area (Å²) in [5.41, 5.74) is 1.00. The number of carbonyl (C=O) groups excluding carboxylic acids is 2. The minimum absolute atomic E-state index is 0.109. The van der Waals surface area contributed by atoms with Crippen LogP contribution in [0, 0.1) is 6.92 Å². The van der Waals surface area contributed by atoms with Gasteiger partial charge in [0.1, 0.15) is 5.75 Å². The predicted molar refractivity (Wildman–Crippen MR) is 80.6 cm³/mol. The van der Waals surface area contributed by atoms with Crippen molar-refractivity contribution in [3.63, 3.8) is 0 Å². The second kappa shape index (κ2) is 9.23. The van der Waals surface area contributed by atoms with Crippen LogP contribution >= 0.6 is 11.6 Å². The van der Waals surface area contributed by atoms with Crippen LogP contribution in [0.25, 0.3) is 0 Å². The second-order valence-electron chi connectivity index (χ2n) is 4.48. The number of halogens is 1. The van der Waals surface area contributed by atoms with E-state index in [4.69, 9.17) is 21.1 Å². The van der Waals surface area contributed by atoms with Gasteiger partial charge in [-0.05, 0) is 38.0 Å². The summed E-state index contributed by atoms with van der Waals surface area (Å²) in [5.74, 6) is -0.0238. The van der Waals surface area contributed by atoms with Gasteiger partial charge in [0.2, 0.25) is 0 Å². The first-order valence-electron chi connectivity index (χ1n) is 6.84. The first-order valence-corrected chi connectivity index (χ1v) is 7.22. The Hall–Kier alpha value is -1.75. The first-order chi connectivity index (χ1) is 10.0. The highest BCUT2D eigenvalue weighted by atomic mass is 35.5. The maximum absolute atomic E-state index is 11.6. The molecule has 0 aliphatic heterocycles. The largest absolute Gasteiger partial charge is 0.482 e. The zero-order valence-corrected chi connectivity index (χ0v) is 13.0. The third-order valence-electron chi connectivity index (χ3n) is 2.63. The number of benzene rings is 1. The summed E-state index contributed by atoms with van der Waals surface area (Å²) in [6.45, 7) is 4.34. The molecule has 0 bridgehead atoms. The number of hydrogen-bond donors (Lipinski definition) is 1. The SMILES string of the molecule is CCOC(=O)CCCNC(=O)COc1cc(C)ccc1Cl. The molecule has 0 saturated carbocycles. The molecule has 0 aliphatic carbocycles. The Morgan fingerprint density at radius 1 is 1.33 bits per heavy atom. The fourth-order valence-corrected chi connectivity index (χ4v) is 1.78. The van der Waals surface area contributed by atoms with Crippen LogP contribution in [0.5, 0.6) is 5.75 Å². The van der Waals surface area contributed by atoms with Crippen molar-refractivity contribution >= 4 is 23.5 Å². The van der Waals surface area contributed by atoms with E-state index in [1.807, 2.05) is 13.0 Å². The van der Waals surface area contributed by atoms with Gasteiger partial charge in [-0.1, -0.05) is 17.7 Å². The van der Waals surface area contributed by atoms with E-state index in [9.17, 15) is 9.59 Å². The molecule has 1 N–H and O–H groups in total. The number of amides is 1. The van der Waals surface area contributed by atoms with Crippen molar-refractivity contribution in [1.29, 1.82) is 0 Å². The molecule has 1 aromatic rings. The van der Waals surface area contributed by atoms with Gasteiger partial charge < -0.3 is 14.8 Å². The molecule has 21 heavy (non-hydrogen) atoms. The lowest BCUT2D eigenvalue weighted by Crippen LogP contribution is -2.30. The van der Waals surface area contributed by atoms with Crippen LogP contribution in [0.4, 0.5) is 0 Å². The number of aryl methyl sites for hydroxylation is 1. The molecule has 0 spiro atoms. The Labute approximate surface area is 129 Å². The Kier molecular flexibility index (Phi) is 7.61. The summed E-state index contributed by atoms with van der Waals surface area (Å²) in [4.78, 5) is 22.7. The number of rotatable bonds is 8. The van der Waals surface area contributed by atoms with Gasteiger partial charge in [0.25, 0.3) is 5.91 Å². The Morgan fingerprint density at radius 2 is 2.10 bits per heavy atom. The highest BCUT2D eigenvalue weighted by molar-refractivity contribution is 6.32. The molecule has 116 valence electrons. The molecular weight excluding hydrogens is 294 g/mol. The van der Waals surface area contributed by atoms with Crippen molar-refractivity contribution in [2.24, 2.45) is 0 Å². The summed E-state index contributed by atoms with van der Waals surface area (Å²) < 4.78 is 10.1.